The van der Waals surface area contributed by atoms with Crippen LogP contribution >= 0.6 is 11.6 Å². The highest BCUT2D eigenvalue weighted by molar-refractivity contribution is 7.89. The Bertz CT molecular complexity index is 535. The zero-order valence-electron chi connectivity index (χ0n) is 11.0. The van der Waals surface area contributed by atoms with Gasteiger partial charge in [-0.15, -0.1) is 0 Å². The standard InChI is InChI=1S/C12H18ClFN2O2S/c1-3-5-16-19(17,18)11-7-10(13)6-9(12(11)14)8-15-4-2/h6-7,15-16H,3-5,8H2,1-2H3. The van der Waals surface area contributed by atoms with Gasteiger partial charge in [0.25, 0.3) is 0 Å². The van der Waals surface area contributed by atoms with Gasteiger partial charge in [-0.25, -0.2) is 17.5 Å². The van der Waals surface area contributed by atoms with Crippen molar-refractivity contribution in [2.24, 2.45) is 0 Å². The molecule has 0 amide bonds. The van der Waals surface area contributed by atoms with Gasteiger partial charge in [-0.1, -0.05) is 25.4 Å². The van der Waals surface area contributed by atoms with Crippen LogP contribution in [0.4, 0.5) is 4.39 Å². The van der Waals surface area contributed by atoms with Crippen LogP contribution in [0.25, 0.3) is 0 Å². The molecule has 1 aromatic rings. The minimum Gasteiger partial charge on any atom is -0.313 e. The van der Waals surface area contributed by atoms with Gasteiger partial charge < -0.3 is 5.32 Å². The summed E-state index contributed by atoms with van der Waals surface area (Å²) in [5, 5.41) is 3.14. The van der Waals surface area contributed by atoms with Crippen LogP contribution in [0.1, 0.15) is 25.8 Å². The van der Waals surface area contributed by atoms with Crippen LogP contribution < -0.4 is 10.0 Å². The predicted molar refractivity (Wildman–Crippen MR) is 74.3 cm³/mol. The van der Waals surface area contributed by atoms with Crippen molar-refractivity contribution in [3.05, 3.63) is 28.5 Å². The molecule has 0 aliphatic rings. The Morgan fingerprint density at radius 3 is 2.58 bits per heavy atom. The third-order valence-electron chi connectivity index (χ3n) is 2.48. The van der Waals surface area contributed by atoms with Gasteiger partial charge in [0, 0.05) is 23.7 Å². The molecule has 0 radical (unpaired) electrons. The predicted octanol–water partition coefficient (Wildman–Crippen LogP) is 2.28. The highest BCUT2D eigenvalue weighted by atomic mass is 35.5. The first kappa shape index (κ1) is 16.4. The molecule has 0 aliphatic carbocycles. The van der Waals surface area contributed by atoms with Crippen molar-refractivity contribution in [1.29, 1.82) is 0 Å². The van der Waals surface area contributed by atoms with E-state index < -0.39 is 20.7 Å². The summed E-state index contributed by atoms with van der Waals surface area (Å²) in [6.07, 6.45) is 0.631. The normalized spacial score (nSPS) is 11.8. The topological polar surface area (TPSA) is 58.2 Å². The minimum absolute atomic E-state index is 0.200. The van der Waals surface area contributed by atoms with Gasteiger partial charge in [0.2, 0.25) is 10.0 Å². The Labute approximate surface area is 118 Å². The quantitative estimate of drug-likeness (QED) is 0.812. The van der Waals surface area contributed by atoms with Gasteiger partial charge in [0.05, 0.1) is 0 Å². The van der Waals surface area contributed by atoms with Crippen LogP contribution in [0.15, 0.2) is 17.0 Å². The molecule has 4 nitrogen and oxygen atoms in total. The number of hydrogen-bond donors (Lipinski definition) is 2. The highest BCUT2D eigenvalue weighted by Crippen LogP contribution is 2.23. The van der Waals surface area contributed by atoms with Gasteiger partial charge in [0.15, 0.2) is 0 Å². The highest BCUT2D eigenvalue weighted by Gasteiger charge is 2.21. The molecular formula is C12H18ClFN2O2S. The molecule has 0 bridgehead atoms. The summed E-state index contributed by atoms with van der Waals surface area (Å²) in [6, 6.07) is 2.56. The monoisotopic (exact) mass is 308 g/mol. The fraction of sp³-hybridized carbons (Fsp3) is 0.500. The molecule has 1 rings (SSSR count). The summed E-state index contributed by atoms with van der Waals surface area (Å²) >= 11 is 5.85. The van der Waals surface area contributed by atoms with Gasteiger partial charge in [-0.3, -0.25) is 0 Å². The zero-order valence-corrected chi connectivity index (χ0v) is 12.5. The van der Waals surface area contributed by atoms with Crippen LogP contribution in [0.3, 0.4) is 0 Å². The SMILES string of the molecule is CCCNS(=O)(=O)c1cc(Cl)cc(CNCC)c1F. The van der Waals surface area contributed by atoms with Gasteiger partial charge in [-0.05, 0) is 25.1 Å². The Morgan fingerprint density at radius 1 is 1.32 bits per heavy atom. The maximum absolute atomic E-state index is 14.2. The summed E-state index contributed by atoms with van der Waals surface area (Å²) in [6.45, 7) is 4.86. The lowest BCUT2D eigenvalue weighted by Crippen LogP contribution is -2.26. The number of halogens is 2. The molecule has 108 valence electrons. The van der Waals surface area contributed by atoms with Crippen LogP contribution in [-0.2, 0) is 16.6 Å². The second-order valence-electron chi connectivity index (χ2n) is 4.06. The molecule has 0 fully saturated rings. The third kappa shape index (κ3) is 4.42. The van der Waals surface area contributed by atoms with Gasteiger partial charge in [-0.2, -0.15) is 0 Å². The molecule has 2 N–H and O–H groups in total. The summed E-state index contributed by atoms with van der Waals surface area (Å²) in [4.78, 5) is -0.402. The number of nitrogens with one attached hydrogen (secondary N) is 2. The first-order chi connectivity index (χ1) is 8.92. The van der Waals surface area contributed by atoms with E-state index in [2.05, 4.69) is 10.0 Å². The molecule has 0 heterocycles. The molecule has 0 aliphatic heterocycles. The molecule has 0 aromatic heterocycles. The van der Waals surface area contributed by atoms with E-state index in [9.17, 15) is 12.8 Å². The van der Waals surface area contributed by atoms with E-state index in [1.807, 2.05) is 13.8 Å². The number of sulfonamides is 1. The Kier molecular flexibility index (Phi) is 6.19. The Morgan fingerprint density at radius 2 is 2.00 bits per heavy atom. The first-order valence-corrected chi connectivity index (χ1v) is 7.96. The van der Waals surface area contributed by atoms with Gasteiger partial charge in [0.1, 0.15) is 10.7 Å². The van der Waals surface area contributed by atoms with E-state index in [-0.39, 0.29) is 23.7 Å². The Balaban J connectivity index is 3.17. The number of benzene rings is 1. The van der Waals surface area contributed by atoms with Crippen molar-refractivity contribution >= 4 is 21.6 Å². The van der Waals surface area contributed by atoms with Crippen molar-refractivity contribution in [2.75, 3.05) is 13.1 Å². The van der Waals surface area contributed by atoms with E-state index in [0.717, 1.165) is 6.07 Å². The van der Waals surface area contributed by atoms with E-state index in [1.165, 1.54) is 6.07 Å². The molecular weight excluding hydrogens is 291 g/mol. The van der Waals surface area contributed by atoms with Crippen molar-refractivity contribution in [3.63, 3.8) is 0 Å². The lowest BCUT2D eigenvalue weighted by atomic mass is 10.2. The Hall–Kier alpha value is -0.690. The molecule has 19 heavy (non-hydrogen) atoms. The van der Waals surface area contributed by atoms with Crippen LogP contribution in [0.2, 0.25) is 5.02 Å². The van der Waals surface area contributed by atoms with E-state index >= 15 is 0 Å². The van der Waals surface area contributed by atoms with Crippen LogP contribution in [0, 0.1) is 5.82 Å². The molecule has 7 heteroatoms. The molecule has 0 spiro atoms. The molecule has 0 atom stereocenters. The minimum atomic E-state index is -3.86. The second kappa shape index (κ2) is 7.19. The third-order valence-corrected chi connectivity index (χ3v) is 4.15. The van der Waals surface area contributed by atoms with E-state index in [1.54, 1.807) is 0 Å². The lowest BCUT2D eigenvalue weighted by Gasteiger charge is -2.11. The molecule has 0 unspecified atom stereocenters. The summed E-state index contributed by atoms with van der Waals surface area (Å²) < 4.78 is 40.4. The molecule has 1 aromatic carbocycles. The average Bonchev–Trinajstić information content (AvgIpc) is 2.36. The molecule has 0 saturated heterocycles. The van der Waals surface area contributed by atoms with Crippen molar-refractivity contribution in [1.82, 2.24) is 10.0 Å². The largest absolute Gasteiger partial charge is 0.313 e. The van der Waals surface area contributed by atoms with E-state index in [4.69, 9.17) is 11.6 Å². The van der Waals surface area contributed by atoms with Gasteiger partial charge >= 0.3 is 0 Å². The molecule has 0 saturated carbocycles. The maximum Gasteiger partial charge on any atom is 0.243 e. The van der Waals surface area contributed by atoms with Crippen molar-refractivity contribution in [2.45, 2.75) is 31.7 Å². The first-order valence-electron chi connectivity index (χ1n) is 6.10. The summed E-state index contributed by atoms with van der Waals surface area (Å²) in [5.74, 6) is -0.756. The van der Waals surface area contributed by atoms with Crippen molar-refractivity contribution < 1.29 is 12.8 Å². The fourth-order valence-electron chi connectivity index (χ4n) is 1.52. The zero-order chi connectivity index (χ0) is 14.5. The number of hydrogen-bond acceptors (Lipinski definition) is 3. The second-order valence-corrected chi connectivity index (χ2v) is 6.23. The smallest absolute Gasteiger partial charge is 0.243 e. The summed E-state index contributed by atoms with van der Waals surface area (Å²) in [5.41, 5.74) is 0.242. The van der Waals surface area contributed by atoms with E-state index in [0.29, 0.717) is 13.0 Å². The van der Waals surface area contributed by atoms with Crippen molar-refractivity contribution in [3.8, 4) is 0 Å². The summed E-state index contributed by atoms with van der Waals surface area (Å²) in [7, 11) is -3.86. The fourth-order valence-corrected chi connectivity index (χ4v) is 3.10. The van der Waals surface area contributed by atoms with Crippen LogP contribution in [0.5, 0.6) is 0 Å². The lowest BCUT2D eigenvalue weighted by molar-refractivity contribution is 0.543. The maximum atomic E-state index is 14.2. The number of rotatable bonds is 7. The van der Waals surface area contributed by atoms with Crippen LogP contribution in [-0.4, -0.2) is 21.5 Å². The average molecular weight is 309 g/mol.